The number of aliphatic hydroxyl groups is 1. The average Bonchev–Trinajstić information content (AvgIpc) is 3.29. The quantitative estimate of drug-likeness (QED) is 0.0243. The van der Waals surface area contributed by atoms with Gasteiger partial charge < -0.3 is 19.8 Å². The van der Waals surface area contributed by atoms with E-state index < -0.39 is 20.0 Å². The molecule has 0 heterocycles. The molecule has 0 bridgehead atoms. The van der Waals surface area contributed by atoms with Gasteiger partial charge in [-0.1, -0.05) is 249 Å². The van der Waals surface area contributed by atoms with Crippen molar-refractivity contribution in [3.8, 4) is 0 Å². The van der Waals surface area contributed by atoms with Gasteiger partial charge in [0.25, 0.3) is 0 Å². The van der Waals surface area contributed by atoms with Gasteiger partial charge in [-0.2, -0.15) is 0 Å². The van der Waals surface area contributed by atoms with Crippen molar-refractivity contribution in [1.82, 2.24) is 5.32 Å². The molecule has 3 unspecified atom stereocenters. The molecule has 0 radical (unpaired) electrons. The molecule has 0 aromatic carbocycles. The summed E-state index contributed by atoms with van der Waals surface area (Å²) in [7, 11) is 1.56. The Kier molecular flexibility index (Phi) is 48.7. The summed E-state index contributed by atoms with van der Waals surface area (Å²) in [5, 5.41) is 13.9. The molecule has 0 rings (SSSR count). The molecule has 0 fully saturated rings. The maximum absolute atomic E-state index is 13.0. The monoisotopic (exact) mass is 966 g/mol. The van der Waals surface area contributed by atoms with E-state index in [2.05, 4.69) is 43.5 Å². The summed E-state index contributed by atoms with van der Waals surface area (Å²) in [5.74, 6) is -0.184. The number of aliphatic hydroxyl groups excluding tert-OH is 1. The fraction of sp³-hybridized carbons (Fsp3) is 0.879. The highest BCUT2D eigenvalue weighted by Gasteiger charge is 2.27. The van der Waals surface area contributed by atoms with Gasteiger partial charge >= 0.3 is 7.82 Å². The molecule has 0 aromatic heterocycles. The maximum atomic E-state index is 13.0. The highest BCUT2D eigenvalue weighted by atomic mass is 31.2. The number of quaternary nitrogens is 1. The number of nitrogens with one attached hydrogen (secondary N) is 1. The summed E-state index contributed by atoms with van der Waals surface area (Å²) in [5.41, 5.74) is 0. The lowest BCUT2D eigenvalue weighted by Gasteiger charge is -2.25. The van der Waals surface area contributed by atoms with Crippen LogP contribution in [0.2, 0.25) is 0 Å². The van der Waals surface area contributed by atoms with Crippen LogP contribution in [0.3, 0.4) is 0 Å². The van der Waals surface area contributed by atoms with E-state index in [1.807, 2.05) is 27.2 Å². The number of carbonyl (C=O) groups excluding carboxylic acids is 1. The zero-order valence-corrected chi connectivity index (χ0v) is 46.0. The fourth-order valence-corrected chi connectivity index (χ4v) is 9.26. The lowest BCUT2D eigenvalue weighted by atomic mass is 10.0. The number of phosphoric acid groups is 1. The van der Waals surface area contributed by atoms with Gasteiger partial charge in [-0.15, -0.1) is 0 Å². The van der Waals surface area contributed by atoms with Crippen LogP contribution < -0.4 is 5.32 Å². The smallest absolute Gasteiger partial charge is 0.387 e. The van der Waals surface area contributed by atoms with Crippen LogP contribution in [0, 0.1) is 0 Å². The van der Waals surface area contributed by atoms with Gasteiger partial charge in [-0.3, -0.25) is 13.8 Å². The van der Waals surface area contributed by atoms with Crippen LogP contribution in [-0.2, 0) is 18.4 Å². The standard InChI is InChI=1S/C58H113N2O6P/c1-6-8-10-12-14-16-18-20-22-23-24-25-26-27-28-29-30-31-32-33-34-35-36-38-40-42-44-46-48-50-52-58(62)59-56(55-66-67(63,64)65-54-53-60(3,4)5)57(61)51-49-47-45-43-41-39-37-21-19-17-15-13-11-9-7-2/h27-28,41,43,49,51,56-57,61H,6-26,29-40,42,44-48,50,52-55H2,1-5H3,(H-,59,62,63,64)/p+1/b28-27-,43-41+,51-49+. The van der Waals surface area contributed by atoms with Crippen molar-refractivity contribution in [1.29, 1.82) is 0 Å². The Morgan fingerprint density at radius 1 is 0.493 bits per heavy atom. The Labute approximate surface area is 417 Å². The zero-order valence-electron chi connectivity index (χ0n) is 45.2. The molecule has 8 nitrogen and oxygen atoms in total. The second kappa shape index (κ2) is 49.7. The van der Waals surface area contributed by atoms with Gasteiger partial charge in [-0.05, 0) is 57.8 Å². The fourth-order valence-electron chi connectivity index (χ4n) is 8.53. The van der Waals surface area contributed by atoms with E-state index in [1.165, 1.54) is 218 Å². The predicted octanol–water partition coefficient (Wildman–Crippen LogP) is 17.4. The van der Waals surface area contributed by atoms with Crippen molar-refractivity contribution < 1.29 is 32.9 Å². The molecule has 0 aliphatic heterocycles. The molecule has 0 saturated heterocycles. The number of phosphoric ester groups is 1. The molecule has 0 aromatic rings. The van der Waals surface area contributed by atoms with Gasteiger partial charge in [-0.25, -0.2) is 4.57 Å². The highest BCUT2D eigenvalue weighted by molar-refractivity contribution is 7.47. The number of likely N-dealkylation sites (N-methyl/N-ethyl adjacent to an activating group) is 1. The third-order valence-electron chi connectivity index (χ3n) is 13.1. The number of allylic oxidation sites excluding steroid dienone is 5. The van der Waals surface area contributed by atoms with Crippen molar-refractivity contribution in [2.24, 2.45) is 0 Å². The van der Waals surface area contributed by atoms with Crippen molar-refractivity contribution in [3.63, 3.8) is 0 Å². The lowest BCUT2D eigenvalue weighted by Crippen LogP contribution is -2.45. The first-order valence-corrected chi connectivity index (χ1v) is 30.4. The number of carbonyl (C=O) groups is 1. The highest BCUT2D eigenvalue weighted by Crippen LogP contribution is 2.43. The Morgan fingerprint density at radius 3 is 1.19 bits per heavy atom. The molecular formula is C58H114N2O6P+. The summed E-state index contributed by atoms with van der Waals surface area (Å²) in [4.78, 5) is 23.3. The van der Waals surface area contributed by atoms with Crippen LogP contribution in [0.5, 0.6) is 0 Å². The first kappa shape index (κ1) is 65.7. The third kappa shape index (κ3) is 52.4. The molecule has 3 atom stereocenters. The summed E-state index contributed by atoms with van der Waals surface area (Å²) >= 11 is 0. The van der Waals surface area contributed by atoms with E-state index >= 15 is 0 Å². The average molecular weight is 967 g/mol. The largest absolute Gasteiger partial charge is 0.472 e. The van der Waals surface area contributed by atoms with Crippen molar-refractivity contribution in [2.45, 2.75) is 289 Å². The molecule has 396 valence electrons. The third-order valence-corrected chi connectivity index (χ3v) is 14.1. The number of unbranched alkanes of at least 4 members (excludes halogenated alkanes) is 36. The van der Waals surface area contributed by atoms with Gasteiger partial charge in [0.2, 0.25) is 5.91 Å². The molecule has 67 heavy (non-hydrogen) atoms. The summed E-state index contributed by atoms with van der Waals surface area (Å²) < 4.78 is 23.7. The number of hydrogen-bond donors (Lipinski definition) is 3. The predicted molar refractivity (Wildman–Crippen MR) is 291 cm³/mol. The van der Waals surface area contributed by atoms with Crippen molar-refractivity contribution >= 4 is 13.7 Å². The molecule has 0 saturated carbocycles. The lowest BCUT2D eigenvalue weighted by molar-refractivity contribution is -0.870. The minimum atomic E-state index is -4.35. The first-order valence-electron chi connectivity index (χ1n) is 28.9. The summed E-state index contributed by atoms with van der Waals surface area (Å²) in [6.07, 6.45) is 64.0. The number of hydrogen-bond acceptors (Lipinski definition) is 5. The van der Waals surface area contributed by atoms with E-state index in [-0.39, 0.29) is 19.1 Å². The molecule has 0 spiro atoms. The van der Waals surface area contributed by atoms with Crippen LogP contribution in [0.25, 0.3) is 0 Å². The van der Waals surface area contributed by atoms with E-state index in [0.29, 0.717) is 17.4 Å². The Bertz CT molecular complexity index is 1190. The molecular weight excluding hydrogens is 852 g/mol. The topological polar surface area (TPSA) is 105 Å². The Hall–Kier alpha value is -1.28. The van der Waals surface area contributed by atoms with Gasteiger partial charge in [0.15, 0.2) is 0 Å². The van der Waals surface area contributed by atoms with Crippen LogP contribution in [0.15, 0.2) is 36.5 Å². The molecule has 9 heteroatoms. The summed E-state index contributed by atoms with van der Waals surface area (Å²) in [6, 6.07) is -0.862. The Morgan fingerprint density at radius 2 is 0.821 bits per heavy atom. The van der Waals surface area contributed by atoms with Gasteiger partial charge in [0.05, 0.1) is 39.9 Å². The molecule has 1 amide bonds. The first-order chi connectivity index (χ1) is 32.5. The van der Waals surface area contributed by atoms with E-state index in [1.54, 1.807) is 6.08 Å². The molecule has 0 aliphatic rings. The summed E-state index contributed by atoms with van der Waals surface area (Å²) in [6.45, 7) is 4.82. The van der Waals surface area contributed by atoms with Gasteiger partial charge in [0.1, 0.15) is 13.2 Å². The van der Waals surface area contributed by atoms with Crippen LogP contribution in [-0.4, -0.2) is 73.4 Å². The second-order valence-corrected chi connectivity index (χ2v) is 22.5. The van der Waals surface area contributed by atoms with Crippen molar-refractivity contribution in [2.75, 3.05) is 40.9 Å². The minimum absolute atomic E-state index is 0.0571. The van der Waals surface area contributed by atoms with E-state index in [0.717, 1.165) is 38.5 Å². The normalized spacial score (nSPS) is 14.2. The maximum Gasteiger partial charge on any atom is 0.472 e. The SMILES string of the molecule is CCCCCCCCCCC/C=C/CC/C=C/C(O)C(COP(=O)(O)OCC[N+](C)(C)C)NC(=O)CCCCCCCCCCCCCCCC/C=C\CCCCCCCCCCCCCC. The van der Waals surface area contributed by atoms with Crippen LogP contribution in [0.1, 0.15) is 277 Å². The molecule has 0 aliphatic carbocycles. The van der Waals surface area contributed by atoms with E-state index in [9.17, 15) is 19.4 Å². The number of amides is 1. The zero-order chi connectivity index (χ0) is 49.2. The van der Waals surface area contributed by atoms with Crippen molar-refractivity contribution in [3.05, 3.63) is 36.5 Å². The molecule has 3 N–H and O–H groups in total. The minimum Gasteiger partial charge on any atom is -0.387 e. The van der Waals surface area contributed by atoms with Gasteiger partial charge in [0, 0.05) is 6.42 Å². The Balaban J connectivity index is 4.10. The number of rotatable bonds is 53. The van der Waals surface area contributed by atoms with Crippen LogP contribution >= 0.6 is 7.82 Å². The van der Waals surface area contributed by atoms with E-state index in [4.69, 9.17) is 9.05 Å². The second-order valence-electron chi connectivity index (χ2n) is 21.0. The van der Waals surface area contributed by atoms with Crippen LogP contribution in [0.4, 0.5) is 0 Å². The number of nitrogens with zero attached hydrogens (tertiary/aromatic N) is 1.